The van der Waals surface area contributed by atoms with Crippen molar-refractivity contribution < 1.29 is 4.52 Å². The third-order valence-electron chi connectivity index (χ3n) is 2.45. The Morgan fingerprint density at radius 2 is 2.38 bits per heavy atom. The SMILES string of the molecule is CCC(N)Cc1nc(-c2nccn2C)no1. The Bertz CT molecular complexity index is 461. The van der Waals surface area contributed by atoms with Crippen LogP contribution in [-0.2, 0) is 13.5 Å². The van der Waals surface area contributed by atoms with Gasteiger partial charge in [-0.1, -0.05) is 12.1 Å². The second-order valence-corrected chi connectivity index (χ2v) is 3.75. The first-order valence-electron chi connectivity index (χ1n) is 5.26. The van der Waals surface area contributed by atoms with Crippen LogP contribution in [0.5, 0.6) is 0 Å². The van der Waals surface area contributed by atoms with Crippen LogP contribution in [0.2, 0.25) is 0 Å². The van der Waals surface area contributed by atoms with Crippen LogP contribution in [-0.4, -0.2) is 25.7 Å². The molecular formula is C10H15N5O. The van der Waals surface area contributed by atoms with Crippen LogP contribution in [0.25, 0.3) is 11.6 Å². The molecule has 86 valence electrons. The molecule has 16 heavy (non-hydrogen) atoms. The summed E-state index contributed by atoms with van der Waals surface area (Å²) in [6.45, 7) is 2.03. The van der Waals surface area contributed by atoms with Gasteiger partial charge in [0, 0.05) is 31.9 Å². The molecule has 0 aliphatic heterocycles. The van der Waals surface area contributed by atoms with Gasteiger partial charge in [-0.25, -0.2) is 4.98 Å². The van der Waals surface area contributed by atoms with Gasteiger partial charge in [0.05, 0.1) is 0 Å². The van der Waals surface area contributed by atoms with Crippen molar-refractivity contribution in [1.82, 2.24) is 19.7 Å². The molecule has 2 heterocycles. The molecule has 0 saturated carbocycles. The molecule has 0 radical (unpaired) electrons. The van der Waals surface area contributed by atoms with Gasteiger partial charge in [0.15, 0.2) is 5.82 Å². The smallest absolute Gasteiger partial charge is 0.238 e. The molecule has 6 nitrogen and oxygen atoms in total. The van der Waals surface area contributed by atoms with Gasteiger partial charge in [0.25, 0.3) is 0 Å². The minimum Gasteiger partial charge on any atom is -0.339 e. The Labute approximate surface area is 93.5 Å². The molecule has 0 fully saturated rings. The van der Waals surface area contributed by atoms with Crippen molar-refractivity contribution in [2.45, 2.75) is 25.8 Å². The highest BCUT2D eigenvalue weighted by molar-refractivity contribution is 5.42. The number of aromatic nitrogens is 4. The van der Waals surface area contributed by atoms with E-state index in [0.717, 1.165) is 6.42 Å². The Hall–Kier alpha value is -1.69. The Morgan fingerprint density at radius 1 is 1.56 bits per heavy atom. The lowest BCUT2D eigenvalue weighted by molar-refractivity contribution is 0.367. The molecule has 0 aliphatic carbocycles. The monoisotopic (exact) mass is 221 g/mol. The minimum atomic E-state index is 0.0645. The van der Waals surface area contributed by atoms with E-state index in [1.54, 1.807) is 6.20 Å². The van der Waals surface area contributed by atoms with Gasteiger partial charge in [0.2, 0.25) is 11.7 Å². The van der Waals surface area contributed by atoms with Crippen LogP contribution in [0.3, 0.4) is 0 Å². The molecular weight excluding hydrogens is 206 g/mol. The highest BCUT2D eigenvalue weighted by Crippen LogP contribution is 2.13. The molecule has 0 aliphatic rings. The number of hydrogen-bond acceptors (Lipinski definition) is 5. The van der Waals surface area contributed by atoms with Crippen molar-refractivity contribution in [3.63, 3.8) is 0 Å². The molecule has 2 aromatic heterocycles. The van der Waals surface area contributed by atoms with Crippen LogP contribution in [0.4, 0.5) is 0 Å². The number of nitrogens with two attached hydrogens (primary N) is 1. The molecule has 0 bridgehead atoms. The molecule has 1 atom stereocenters. The first kappa shape index (κ1) is 10.8. The van der Waals surface area contributed by atoms with E-state index < -0.39 is 0 Å². The van der Waals surface area contributed by atoms with E-state index in [1.807, 2.05) is 24.7 Å². The number of rotatable bonds is 4. The molecule has 0 saturated heterocycles. The first-order chi connectivity index (χ1) is 7.70. The molecule has 0 aromatic carbocycles. The second-order valence-electron chi connectivity index (χ2n) is 3.75. The second kappa shape index (κ2) is 4.44. The fourth-order valence-corrected chi connectivity index (χ4v) is 1.38. The maximum Gasteiger partial charge on any atom is 0.238 e. The Balaban J connectivity index is 2.17. The molecule has 1 unspecified atom stereocenters. The van der Waals surface area contributed by atoms with Gasteiger partial charge < -0.3 is 14.8 Å². The summed E-state index contributed by atoms with van der Waals surface area (Å²) in [5, 5.41) is 3.88. The largest absolute Gasteiger partial charge is 0.339 e. The predicted molar refractivity (Wildman–Crippen MR) is 58.5 cm³/mol. The summed E-state index contributed by atoms with van der Waals surface area (Å²) in [5.74, 6) is 1.76. The molecule has 0 spiro atoms. The zero-order valence-electron chi connectivity index (χ0n) is 9.42. The van der Waals surface area contributed by atoms with E-state index in [4.69, 9.17) is 10.3 Å². The number of aryl methyl sites for hydroxylation is 1. The van der Waals surface area contributed by atoms with Gasteiger partial charge in [0.1, 0.15) is 0 Å². The topological polar surface area (TPSA) is 82.8 Å². The van der Waals surface area contributed by atoms with E-state index in [1.165, 1.54) is 0 Å². The number of imidazole rings is 1. The molecule has 2 aromatic rings. The summed E-state index contributed by atoms with van der Waals surface area (Å²) >= 11 is 0. The van der Waals surface area contributed by atoms with E-state index in [0.29, 0.717) is 24.0 Å². The quantitative estimate of drug-likeness (QED) is 0.823. The summed E-state index contributed by atoms with van der Waals surface area (Å²) in [4.78, 5) is 8.41. The summed E-state index contributed by atoms with van der Waals surface area (Å²) in [6, 6.07) is 0.0645. The van der Waals surface area contributed by atoms with Crippen molar-refractivity contribution in [2.75, 3.05) is 0 Å². The molecule has 0 amide bonds. The minimum absolute atomic E-state index is 0.0645. The fraction of sp³-hybridized carbons (Fsp3) is 0.500. The standard InChI is InChI=1S/C10H15N5O/c1-3-7(11)6-8-13-9(14-16-8)10-12-4-5-15(10)2/h4-5,7H,3,6,11H2,1-2H3. The van der Waals surface area contributed by atoms with Crippen molar-refractivity contribution in [3.8, 4) is 11.6 Å². The zero-order valence-corrected chi connectivity index (χ0v) is 9.42. The Kier molecular flexibility index (Phi) is 3.00. The summed E-state index contributed by atoms with van der Waals surface area (Å²) in [5.41, 5.74) is 5.81. The third-order valence-corrected chi connectivity index (χ3v) is 2.45. The van der Waals surface area contributed by atoms with E-state index >= 15 is 0 Å². The van der Waals surface area contributed by atoms with E-state index in [2.05, 4.69) is 15.1 Å². The first-order valence-corrected chi connectivity index (χ1v) is 5.26. The third kappa shape index (κ3) is 2.11. The van der Waals surface area contributed by atoms with Gasteiger partial charge in [-0.3, -0.25) is 0 Å². The van der Waals surface area contributed by atoms with Crippen LogP contribution < -0.4 is 5.73 Å². The van der Waals surface area contributed by atoms with Crippen LogP contribution in [0, 0.1) is 0 Å². The van der Waals surface area contributed by atoms with Crippen LogP contribution in [0.15, 0.2) is 16.9 Å². The zero-order chi connectivity index (χ0) is 11.5. The van der Waals surface area contributed by atoms with Gasteiger partial charge in [-0.2, -0.15) is 4.98 Å². The molecule has 6 heteroatoms. The normalized spacial score (nSPS) is 12.9. The number of nitrogens with zero attached hydrogens (tertiary/aromatic N) is 4. The maximum absolute atomic E-state index is 5.81. The van der Waals surface area contributed by atoms with Crippen LogP contribution in [0.1, 0.15) is 19.2 Å². The van der Waals surface area contributed by atoms with Crippen molar-refractivity contribution in [3.05, 3.63) is 18.3 Å². The summed E-state index contributed by atoms with van der Waals surface area (Å²) in [6.07, 6.45) is 5.03. The van der Waals surface area contributed by atoms with Crippen molar-refractivity contribution in [1.29, 1.82) is 0 Å². The lowest BCUT2D eigenvalue weighted by Gasteiger charge is -2.02. The highest BCUT2D eigenvalue weighted by atomic mass is 16.5. The summed E-state index contributed by atoms with van der Waals surface area (Å²) in [7, 11) is 1.89. The van der Waals surface area contributed by atoms with E-state index in [9.17, 15) is 0 Å². The average molecular weight is 221 g/mol. The predicted octanol–water partition coefficient (Wildman–Crippen LogP) is 0.750. The summed E-state index contributed by atoms with van der Waals surface area (Å²) < 4.78 is 6.96. The molecule has 2 rings (SSSR count). The van der Waals surface area contributed by atoms with Gasteiger partial charge >= 0.3 is 0 Å². The Morgan fingerprint density at radius 3 is 3.00 bits per heavy atom. The molecule has 2 N–H and O–H groups in total. The van der Waals surface area contributed by atoms with Gasteiger partial charge in [-0.15, -0.1) is 0 Å². The van der Waals surface area contributed by atoms with Crippen molar-refractivity contribution >= 4 is 0 Å². The lowest BCUT2D eigenvalue weighted by atomic mass is 10.2. The fourth-order valence-electron chi connectivity index (χ4n) is 1.38. The van der Waals surface area contributed by atoms with Crippen LogP contribution >= 0.6 is 0 Å². The maximum atomic E-state index is 5.81. The number of hydrogen-bond donors (Lipinski definition) is 1. The van der Waals surface area contributed by atoms with E-state index in [-0.39, 0.29) is 6.04 Å². The van der Waals surface area contributed by atoms with Gasteiger partial charge in [-0.05, 0) is 6.42 Å². The lowest BCUT2D eigenvalue weighted by Crippen LogP contribution is -2.21. The van der Waals surface area contributed by atoms with Crippen molar-refractivity contribution in [2.24, 2.45) is 12.8 Å². The average Bonchev–Trinajstić information content (AvgIpc) is 2.86. The highest BCUT2D eigenvalue weighted by Gasteiger charge is 2.13.